The van der Waals surface area contributed by atoms with Crippen molar-refractivity contribution in [3.05, 3.63) is 53.5 Å². The molecule has 3 aromatic rings. The van der Waals surface area contributed by atoms with E-state index in [1.165, 1.54) is 19.3 Å². The normalized spacial score (nSPS) is 15.5. The molecule has 1 unspecified atom stereocenters. The Morgan fingerprint density at radius 3 is 2.64 bits per heavy atom. The molecule has 2 aromatic heterocycles. The largest absolute Gasteiger partial charge is 0.356 e. The molecule has 1 saturated heterocycles. The number of carbonyl (C=O) groups is 2. The number of benzene rings is 1. The topological polar surface area (TPSA) is 105 Å². The van der Waals surface area contributed by atoms with Gasteiger partial charge in [0.1, 0.15) is 18.2 Å². The first-order chi connectivity index (χ1) is 15.8. The van der Waals surface area contributed by atoms with Crippen LogP contribution >= 0.6 is 0 Å². The summed E-state index contributed by atoms with van der Waals surface area (Å²) in [6, 6.07) is 4.44. The smallest absolute Gasteiger partial charge is 0.254 e. The molecule has 2 N–H and O–H groups in total. The predicted octanol–water partition coefficient (Wildman–Crippen LogP) is 1.54. The second kappa shape index (κ2) is 9.47. The lowest BCUT2D eigenvalue weighted by molar-refractivity contribution is -0.128. The van der Waals surface area contributed by atoms with E-state index in [1.807, 2.05) is 13.0 Å². The van der Waals surface area contributed by atoms with E-state index in [4.69, 9.17) is 0 Å². The number of piperidine rings is 1. The van der Waals surface area contributed by atoms with Crippen LogP contribution in [0.2, 0.25) is 0 Å². The van der Waals surface area contributed by atoms with Crippen molar-refractivity contribution in [1.29, 1.82) is 0 Å². The molecule has 174 valence electrons. The van der Waals surface area contributed by atoms with E-state index in [0.29, 0.717) is 37.3 Å². The maximum absolute atomic E-state index is 13.6. The van der Waals surface area contributed by atoms with Crippen LogP contribution in [0, 0.1) is 18.6 Å². The van der Waals surface area contributed by atoms with Crippen LogP contribution in [-0.4, -0.2) is 56.6 Å². The Labute approximate surface area is 189 Å². The van der Waals surface area contributed by atoms with Gasteiger partial charge in [-0.3, -0.25) is 9.59 Å². The Balaban J connectivity index is 1.39. The van der Waals surface area contributed by atoms with E-state index in [-0.39, 0.29) is 24.3 Å². The number of hydrogen-bond acceptors (Lipinski definition) is 6. The van der Waals surface area contributed by atoms with E-state index in [0.717, 1.165) is 23.6 Å². The van der Waals surface area contributed by atoms with E-state index in [1.54, 1.807) is 4.52 Å². The SMILES string of the molecule is CC(=O)NC(Cc1ccc(F)c(F)c1)C(=O)NC1CCN(c2cc(C)nc3ncnn23)CC1. The molecule has 4 rings (SSSR count). The number of fused-ring (bicyclic) bond motifs is 1. The predicted molar refractivity (Wildman–Crippen MR) is 117 cm³/mol. The molecule has 1 fully saturated rings. The highest BCUT2D eigenvalue weighted by molar-refractivity contribution is 5.87. The van der Waals surface area contributed by atoms with Gasteiger partial charge in [0.25, 0.3) is 5.78 Å². The van der Waals surface area contributed by atoms with Crippen LogP contribution in [0.3, 0.4) is 0 Å². The van der Waals surface area contributed by atoms with Gasteiger partial charge < -0.3 is 15.5 Å². The summed E-state index contributed by atoms with van der Waals surface area (Å²) in [4.78, 5) is 35.2. The molecule has 0 spiro atoms. The number of carbonyl (C=O) groups excluding carboxylic acids is 2. The standard InChI is InChI=1S/C22H25F2N7O2/c1-13-9-20(31-22(27-13)25-12-26-31)30-7-5-16(6-8-30)29-21(33)19(28-14(2)32)11-15-3-4-17(23)18(24)10-15/h3-4,9-10,12,16,19H,5-8,11H2,1-2H3,(H,28,32)(H,29,33). The molecule has 33 heavy (non-hydrogen) atoms. The first-order valence-electron chi connectivity index (χ1n) is 10.7. The summed E-state index contributed by atoms with van der Waals surface area (Å²) < 4.78 is 28.5. The van der Waals surface area contributed by atoms with Crippen LogP contribution in [-0.2, 0) is 16.0 Å². The molecule has 0 saturated carbocycles. The molecule has 0 aliphatic carbocycles. The Bertz CT molecular complexity index is 1170. The molecule has 3 heterocycles. The lowest BCUT2D eigenvalue weighted by atomic mass is 10.0. The van der Waals surface area contributed by atoms with Gasteiger partial charge in [0.05, 0.1) is 0 Å². The van der Waals surface area contributed by atoms with Gasteiger partial charge in [0.15, 0.2) is 11.6 Å². The number of nitrogens with one attached hydrogen (secondary N) is 2. The van der Waals surface area contributed by atoms with E-state index in [2.05, 4.69) is 30.6 Å². The third kappa shape index (κ3) is 5.24. The zero-order valence-corrected chi connectivity index (χ0v) is 18.4. The van der Waals surface area contributed by atoms with E-state index >= 15 is 0 Å². The lowest BCUT2D eigenvalue weighted by Crippen LogP contribution is -2.52. The second-order valence-electron chi connectivity index (χ2n) is 8.20. The molecule has 2 amide bonds. The van der Waals surface area contributed by atoms with Crippen LogP contribution < -0.4 is 15.5 Å². The minimum Gasteiger partial charge on any atom is -0.356 e. The quantitative estimate of drug-likeness (QED) is 0.582. The summed E-state index contributed by atoms with van der Waals surface area (Å²) in [7, 11) is 0. The number of nitrogens with zero attached hydrogens (tertiary/aromatic N) is 5. The zero-order chi connectivity index (χ0) is 23.5. The molecule has 0 radical (unpaired) electrons. The van der Waals surface area contributed by atoms with Crippen molar-refractivity contribution in [2.75, 3.05) is 18.0 Å². The van der Waals surface area contributed by atoms with Crippen LogP contribution in [0.15, 0.2) is 30.6 Å². The Morgan fingerprint density at radius 1 is 1.18 bits per heavy atom. The lowest BCUT2D eigenvalue weighted by Gasteiger charge is -2.34. The highest BCUT2D eigenvalue weighted by Gasteiger charge is 2.27. The minimum absolute atomic E-state index is 0.0576. The van der Waals surface area contributed by atoms with Gasteiger partial charge in [-0.15, -0.1) is 0 Å². The maximum atomic E-state index is 13.6. The molecular weight excluding hydrogens is 432 g/mol. The minimum atomic E-state index is -0.991. The third-order valence-corrected chi connectivity index (χ3v) is 5.64. The number of amides is 2. The first-order valence-corrected chi connectivity index (χ1v) is 10.7. The highest BCUT2D eigenvalue weighted by Crippen LogP contribution is 2.21. The number of halogens is 2. The Morgan fingerprint density at radius 2 is 1.94 bits per heavy atom. The number of rotatable bonds is 6. The first kappa shape index (κ1) is 22.6. The van der Waals surface area contributed by atoms with Gasteiger partial charge in [-0.1, -0.05) is 6.07 Å². The molecule has 1 atom stereocenters. The van der Waals surface area contributed by atoms with E-state index in [9.17, 15) is 18.4 Å². The summed E-state index contributed by atoms with van der Waals surface area (Å²) in [6.07, 6.45) is 2.91. The van der Waals surface area contributed by atoms with E-state index < -0.39 is 17.7 Å². The van der Waals surface area contributed by atoms with Gasteiger partial charge in [-0.05, 0) is 37.5 Å². The van der Waals surface area contributed by atoms with Crippen molar-refractivity contribution in [1.82, 2.24) is 30.2 Å². The molecule has 1 aromatic carbocycles. The summed E-state index contributed by atoms with van der Waals surface area (Å²) in [5, 5.41) is 9.84. The number of anilines is 1. The van der Waals surface area contributed by atoms with Crippen LogP contribution in [0.1, 0.15) is 31.0 Å². The molecular formula is C22H25F2N7O2. The van der Waals surface area contributed by atoms with Crippen LogP contribution in [0.5, 0.6) is 0 Å². The van der Waals surface area contributed by atoms with Crippen molar-refractivity contribution in [3.63, 3.8) is 0 Å². The van der Waals surface area contributed by atoms with Crippen molar-refractivity contribution in [2.45, 2.75) is 45.2 Å². The Hall–Kier alpha value is -3.63. The van der Waals surface area contributed by atoms with Crippen molar-refractivity contribution >= 4 is 23.4 Å². The van der Waals surface area contributed by atoms with Gasteiger partial charge >= 0.3 is 0 Å². The van der Waals surface area contributed by atoms with Crippen LogP contribution in [0.4, 0.5) is 14.6 Å². The highest BCUT2D eigenvalue weighted by atomic mass is 19.2. The summed E-state index contributed by atoms with van der Waals surface area (Å²) >= 11 is 0. The van der Waals surface area contributed by atoms with Gasteiger partial charge in [0.2, 0.25) is 11.8 Å². The molecule has 11 heteroatoms. The Kier molecular flexibility index (Phi) is 6.47. The average Bonchev–Trinajstić information content (AvgIpc) is 3.24. The fraction of sp³-hybridized carbons (Fsp3) is 0.409. The van der Waals surface area contributed by atoms with Crippen molar-refractivity contribution < 1.29 is 18.4 Å². The van der Waals surface area contributed by atoms with Crippen LogP contribution in [0.25, 0.3) is 5.78 Å². The third-order valence-electron chi connectivity index (χ3n) is 5.64. The summed E-state index contributed by atoms with van der Waals surface area (Å²) in [6.45, 7) is 4.60. The summed E-state index contributed by atoms with van der Waals surface area (Å²) in [5.41, 5.74) is 1.26. The fourth-order valence-electron chi connectivity index (χ4n) is 4.05. The zero-order valence-electron chi connectivity index (χ0n) is 18.4. The number of aromatic nitrogens is 4. The molecule has 1 aliphatic rings. The number of hydrogen-bond donors (Lipinski definition) is 2. The van der Waals surface area contributed by atoms with Crippen molar-refractivity contribution in [3.8, 4) is 0 Å². The second-order valence-corrected chi connectivity index (χ2v) is 8.20. The monoisotopic (exact) mass is 457 g/mol. The molecule has 9 nitrogen and oxygen atoms in total. The fourth-order valence-corrected chi connectivity index (χ4v) is 4.05. The molecule has 0 bridgehead atoms. The van der Waals surface area contributed by atoms with Gasteiger partial charge in [0, 0.05) is 44.2 Å². The average molecular weight is 457 g/mol. The number of aryl methyl sites for hydroxylation is 1. The van der Waals surface area contributed by atoms with Gasteiger partial charge in [-0.25, -0.2) is 13.8 Å². The molecule has 1 aliphatic heterocycles. The van der Waals surface area contributed by atoms with Crippen molar-refractivity contribution in [2.24, 2.45) is 0 Å². The van der Waals surface area contributed by atoms with Gasteiger partial charge in [-0.2, -0.15) is 14.6 Å². The maximum Gasteiger partial charge on any atom is 0.254 e. The summed E-state index contributed by atoms with van der Waals surface area (Å²) in [5.74, 6) is -1.25.